The minimum atomic E-state index is -4.58. The number of benzene rings is 2. The fourth-order valence-corrected chi connectivity index (χ4v) is 4.03. The molecule has 5 nitrogen and oxygen atoms in total. The van der Waals surface area contributed by atoms with E-state index in [2.05, 4.69) is 31.7 Å². The van der Waals surface area contributed by atoms with Gasteiger partial charge in [0.15, 0.2) is 11.7 Å². The molecule has 2 N–H and O–H groups in total. The third-order valence-electron chi connectivity index (χ3n) is 4.89. The molecule has 1 aliphatic rings. The lowest BCUT2D eigenvalue weighted by molar-refractivity contribution is -0.173. The van der Waals surface area contributed by atoms with Crippen molar-refractivity contribution in [3.63, 3.8) is 0 Å². The average molecular weight is 534 g/mol. The second-order valence-electron chi connectivity index (χ2n) is 6.96. The van der Waals surface area contributed by atoms with Crippen LogP contribution in [0, 0.1) is 0 Å². The van der Waals surface area contributed by atoms with Crippen molar-refractivity contribution in [1.29, 1.82) is 0 Å². The topological polar surface area (TPSA) is 59.0 Å². The van der Waals surface area contributed by atoms with Crippen LogP contribution in [0.1, 0.15) is 34.6 Å². The van der Waals surface area contributed by atoms with E-state index in [4.69, 9.17) is 23.2 Å². The number of halogens is 6. The van der Waals surface area contributed by atoms with Gasteiger partial charge in [-0.2, -0.15) is 18.3 Å². The van der Waals surface area contributed by atoms with Crippen LogP contribution >= 0.6 is 39.1 Å². The summed E-state index contributed by atoms with van der Waals surface area (Å²) in [6.45, 7) is 0. The number of rotatable bonds is 3. The van der Waals surface area contributed by atoms with Crippen LogP contribution < -0.4 is 10.6 Å². The zero-order valence-electron chi connectivity index (χ0n) is 15.6. The highest BCUT2D eigenvalue weighted by Gasteiger charge is 2.47. The van der Waals surface area contributed by atoms with Gasteiger partial charge in [0, 0.05) is 21.6 Å². The minimum Gasteiger partial charge on any atom is -0.362 e. The summed E-state index contributed by atoms with van der Waals surface area (Å²) in [5.41, 5.74) is 0.766. The molecular weight excluding hydrogens is 520 g/mol. The summed E-state index contributed by atoms with van der Waals surface area (Å²) >= 11 is 15.5. The summed E-state index contributed by atoms with van der Waals surface area (Å²) in [7, 11) is 0. The van der Waals surface area contributed by atoms with Crippen LogP contribution in [-0.4, -0.2) is 21.9 Å². The van der Waals surface area contributed by atoms with E-state index in [9.17, 15) is 18.0 Å². The molecule has 0 aliphatic carbocycles. The highest BCUT2D eigenvalue weighted by Crippen LogP contribution is 2.46. The molecule has 11 heteroatoms. The van der Waals surface area contributed by atoms with Gasteiger partial charge in [-0.25, -0.2) is 4.68 Å². The van der Waals surface area contributed by atoms with Gasteiger partial charge in [0.25, 0.3) is 5.91 Å². The maximum absolute atomic E-state index is 13.8. The average Bonchev–Trinajstić information content (AvgIpc) is 3.05. The third-order valence-corrected chi connectivity index (χ3v) is 6.02. The van der Waals surface area contributed by atoms with Crippen molar-refractivity contribution in [2.45, 2.75) is 24.7 Å². The van der Waals surface area contributed by atoms with Crippen molar-refractivity contribution in [3.05, 3.63) is 74.3 Å². The molecule has 162 valence electrons. The molecule has 2 atom stereocenters. The molecule has 0 saturated heterocycles. The Balaban J connectivity index is 1.69. The number of carbonyl (C=O) groups is 1. The van der Waals surface area contributed by atoms with Gasteiger partial charge in [0.1, 0.15) is 10.8 Å². The van der Waals surface area contributed by atoms with Crippen molar-refractivity contribution in [1.82, 2.24) is 9.78 Å². The Morgan fingerprint density at radius 1 is 1.13 bits per heavy atom. The predicted molar refractivity (Wildman–Crippen MR) is 117 cm³/mol. The van der Waals surface area contributed by atoms with Crippen LogP contribution in [0.5, 0.6) is 0 Å². The molecule has 2 heterocycles. The molecule has 31 heavy (non-hydrogen) atoms. The van der Waals surface area contributed by atoms with Gasteiger partial charge in [0.05, 0.1) is 6.04 Å². The largest absolute Gasteiger partial charge is 0.410 e. The van der Waals surface area contributed by atoms with Crippen LogP contribution in [0.3, 0.4) is 0 Å². The number of hydrogen-bond acceptors (Lipinski definition) is 3. The lowest BCUT2D eigenvalue weighted by Gasteiger charge is -2.33. The Labute approximate surface area is 193 Å². The van der Waals surface area contributed by atoms with E-state index in [0.717, 1.165) is 9.15 Å². The highest BCUT2D eigenvalue weighted by molar-refractivity contribution is 9.10. The standard InChI is InChI=1S/C20H14BrCl2F3N4O/c21-11-3-1-10(2-4-11)14-9-15(20(24,25)26)30-18(28-14)16(23)17(29-30)19(31)27-13-7-5-12(22)6-8-13/h1-8,14-15,28H,9H2,(H,27,31)/t14-,15+/m1/s1. The summed E-state index contributed by atoms with van der Waals surface area (Å²) in [6, 6.07) is 10.6. The predicted octanol–water partition coefficient (Wildman–Crippen LogP) is 6.87. The van der Waals surface area contributed by atoms with Gasteiger partial charge in [0.2, 0.25) is 0 Å². The van der Waals surface area contributed by atoms with E-state index in [-0.39, 0.29) is 23.0 Å². The van der Waals surface area contributed by atoms with Crippen molar-refractivity contribution < 1.29 is 18.0 Å². The van der Waals surface area contributed by atoms with E-state index in [1.54, 1.807) is 48.5 Å². The van der Waals surface area contributed by atoms with Gasteiger partial charge in [-0.15, -0.1) is 0 Å². The van der Waals surface area contributed by atoms with E-state index in [1.165, 1.54) is 0 Å². The number of nitrogens with one attached hydrogen (secondary N) is 2. The monoisotopic (exact) mass is 532 g/mol. The highest BCUT2D eigenvalue weighted by atomic mass is 79.9. The molecule has 0 unspecified atom stereocenters. The Kier molecular flexibility index (Phi) is 5.93. The van der Waals surface area contributed by atoms with Gasteiger partial charge in [-0.05, 0) is 42.0 Å². The number of aromatic nitrogens is 2. The molecule has 1 amide bonds. The van der Waals surface area contributed by atoms with E-state index in [1.807, 2.05) is 0 Å². The maximum Gasteiger partial charge on any atom is 0.410 e. The van der Waals surface area contributed by atoms with E-state index < -0.39 is 24.2 Å². The van der Waals surface area contributed by atoms with Crippen molar-refractivity contribution in [2.24, 2.45) is 0 Å². The number of anilines is 2. The zero-order chi connectivity index (χ0) is 22.3. The molecule has 0 fully saturated rings. The molecule has 4 rings (SSSR count). The summed E-state index contributed by atoms with van der Waals surface area (Å²) < 4.78 is 43.1. The zero-order valence-corrected chi connectivity index (χ0v) is 18.6. The van der Waals surface area contributed by atoms with Crippen LogP contribution in [0.15, 0.2) is 53.0 Å². The summed E-state index contributed by atoms with van der Waals surface area (Å²) in [5, 5.41) is 9.78. The maximum atomic E-state index is 13.8. The summed E-state index contributed by atoms with van der Waals surface area (Å²) in [6.07, 6.45) is -4.88. The van der Waals surface area contributed by atoms with Crippen LogP contribution in [0.2, 0.25) is 10.0 Å². The van der Waals surface area contributed by atoms with Crippen LogP contribution in [-0.2, 0) is 0 Å². The Bertz CT molecular complexity index is 1120. The first-order chi connectivity index (χ1) is 14.6. The number of nitrogens with zero attached hydrogens (tertiary/aromatic N) is 2. The van der Waals surface area contributed by atoms with Gasteiger partial charge >= 0.3 is 6.18 Å². The number of alkyl halides is 3. The molecule has 3 aromatic rings. The second-order valence-corrected chi connectivity index (χ2v) is 8.69. The molecular formula is C20H14BrCl2F3N4O. The second kappa shape index (κ2) is 8.37. The first kappa shape index (κ1) is 22.0. The molecule has 2 aromatic carbocycles. The number of carbonyl (C=O) groups excluding carboxylic acids is 1. The lowest BCUT2D eigenvalue weighted by Crippen LogP contribution is -2.35. The third kappa shape index (κ3) is 4.53. The fourth-order valence-electron chi connectivity index (χ4n) is 3.37. The first-order valence-electron chi connectivity index (χ1n) is 9.07. The van der Waals surface area contributed by atoms with Gasteiger partial charge < -0.3 is 10.6 Å². The van der Waals surface area contributed by atoms with Crippen LogP contribution in [0.4, 0.5) is 24.7 Å². The van der Waals surface area contributed by atoms with Crippen molar-refractivity contribution in [3.8, 4) is 0 Å². The normalized spacial score (nSPS) is 18.3. The molecule has 0 bridgehead atoms. The Morgan fingerprint density at radius 3 is 2.39 bits per heavy atom. The Hall–Kier alpha value is -2.23. The summed E-state index contributed by atoms with van der Waals surface area (Å²) in [4.78, 5) is 12.7. The number of amides is 1. The molecule has 1 aromatic heterocycles. The summed E-state index contributed by atoms with van der Waals surface area (Å²) in [5.74, 6) is -0.776. The van der Waals surface area contributed by atoms with E-state index in [0.29, 0.717) is 16.3 Å². The molecule has 0 radical (unpaired) electrons. The van der Waals surface area contributed by atoms with Gasteiger partial charge in [-0.3, -0.25) is 4.79 Å². The molecule has 0 saturated carbocycles. The SMILES string of the molecule is O=C(Nc1ccc(Cl)cc1)c1nn2c(c1Cl)N[C@@H](c1ccc(Br)cc1)C[C@H]2C(F)(F)F. The number of fused-ring (bicyclic) bond motifs is 1. The smallest absolute Gasteiger partial charge is 0.362 e. The number of hydrogen-bond donors (Lipinski definition) is 2. The van der Waals surface area contributed by atoms with Crippen LogP contribution in [0.25, 0.3) is 0 Å². The van der Waals surface area contributed by atoms with Crippen molar-refractivity contribution in [2.75, 3.05) is 10.6 Å². The lowest BCUT2D eigenvalue weighted by atomic mass is 9.97. The first-order valence-corrected chi connectivity index (χ1v) is 10.6. The minimum absolute atomic E-state index is 0.0515. The quantitative estimate of drug-likeness (QED) is 0.386. The molecule has 1 aliphatic heterocycles. The van der Waals surface area contributed by atoms with Crippen molar-refractivity contribution >= 4 is 56.5 Å². The molecule has 0 spiro atoms. The fraction of sp³-hybridized carbons (Fsp3) is 0.200. The van der Waals surface area contributed by atoms with Gasteiger partial charge in [-0.1, -0.05) is 51.3 Å². The Morgan fingerprint density at radius 2 is 1.77 bits per heavy atom. The van der Waals surface area contributed by atoms with E-state index >= 15 is 0 Å².